The summed E-state index contributed by atoms with van der Waals surface area (Å²) in [4.78, 5) is 0. The maximum Gasteiger partial charge on any atom is 0.124 e. The van der Waals surface area contributed by atoms with Crippen LogP contribution in [0.3, 0.4) is 0 Å². The van der Waals surface area contributed by atoms with Crippen molar-refractivity contribution in [1.82, 2.24) is 0 Å². The molecule has 100 valence electrons. The molecule has 5 heteroatoms. The third kappa shape index (κ3) is 3.62. The predicted molar refractivity (Wildman–Crippen MR) is 79.8 cm³/mol. The van der Waals surface area contributed by atoms with Crippen molar-refractivity contribution in [3.8, 4) is 5.75 Å². The quantitative estimate of drug-likeness (QED) is 0.642. The molecule has 0 heterocycles. The number of alkyl halides is 1. The first-order valence-electron chi connectivity index (χ1n) is 5.52. The van der Waals surface area contributed by atoms with E-state index in [9.17, 15) is 4.39 Å². The zero-order valence-electron chi connectivity index (χ0n) is 9.80. The van der Waals surface area contributed by atoms with Crippen molar-refractivity contribution in [3.05, 3.63) is 63.4 Å². The van der Waals surface area contributed by atoms with Crippen molar-refractivity contribution in [2.45, 2.75) is 11.9 Å². The highest BCUT2D eigenvalue weighted by Crippen LogP contribution is 2.28. The highest BCUT2D eigenvalue weighted by Gasteiger charge is 2.08. The smallest absolute Gasteiger partial charge is 0.124 e. The molecule has 0 saturated heterocycles. The predicted octanol–water partition coefficient (Wildman–Crippen LogP) is 5.61. The Morgan fingerprint density at radius 3 is 2.63 bits per heavy atom. The molecule has 0 aromatic heterocycles. The van der Waals surface area contributed by atoms with Crippen LogP contribution in [0.15, 0.2) is 36.4 Å². The molecule has 0 saturated carbocycles. The van der Waals surface area contributed by atoms with Crippen LogP contribution in [0.25, 0.3) is 0 Å². The van der Waals surface area contributed by atoms with Crippen LogP contribution in [-0.4, -0.2) is 0 Å². The number of benzene rings is 2. The highest BCUT2D eigenvalue weighted by molar-refractivity contribution is 9.08. The van der Waals surface area contributed by atoms with Crippen molar-refractivity contribution in [1.29, 1.82) is 0 Å². The molecule has 0 bridgehead atoms. The zero-order valence-corrected chi connectivity index (χ0v) is 12.9. The molecule has 0 aliphatic carbocycles. The second kappa shape index (κ2) is 6.60. The van der Waals surface area contributed by atoms with E-state index in [0.717, 1.165) is 11.1 Å². The summed E-state index contributed by atoms with van der Waals surface area (Å²) in [6, 6.07) is 9.76. The summed E-state index contributed by atoms with van der Waals surface area (Å²) < 4.78 is 18.8. The summed E-state index contributed by atoms with van der Waals surface area (Å²) in [6.45, 7) is 0.283. The minimum atomic E-state index is -0.289. The van der Waals surface area contributed by atoms with Gasteiger partial charge in [0.05, 0.1) is 10.0 Å². The number of halogens is 4. The molecule has 0 aliphatic heterocycles. The Morgan fingerprint density at radius 2 is 1.89 bits per heavy atom. The first kappa shape index (κ1) is 14.6. The molecule has 0 fully saturated rings. The molecule has 0 atom stereocenters. The standard InChI is InChI=1S/C14H10BrCl2FO/c15-7-10-6-11(18)4-5-13(10)19-8-9-2-1-3-12(16)14(9)17/h1-6H,7-8H2. The number of rotatable bonds is 4. The average molecular weight is 364 g/mol. The van der Waals surface area contributed by atoms with Crippen LogP contribution < -0.4 is 4.74 Å². The molecular weight excluding hydrogens is 354 g/mol. The summed E-state index contributed by atoms with van der Waals surface area (Å²) in [5, 5.41) is 1.48. The van der Waals surface area contributed by atoms with Gasteiger partial charge in [-0.2, -0.15) is 0 Å². The van der Waals surface area contributed by atoms with Gasteiger partial charge in [0.2, 0.25) is 0 Å². The molecular formula is C14H10BrCl2FO. The molecule has 2 aromatic rings. The summed E-state index contributed by atoms with van der Waals surface area (Å²) in [5.41, 5.74) is 1.54. The fourth-order valence-electron chi connectivity index (χ4n) is 1.61. The van der Waals surface area contributed by atoms with E-state index in [1.54, 1.807) is 12.1 Å². The van der Waals surface area contributed by atoms with Gasteiger partial charge in [0.1, 0.15) is 18.2 Å². The van der Waals surface area contributed by atoms with Crippen molar-refractivity contribution < 1.29 is 9.13 Å². The molecule has 0 aliphatic rings. The monoisotopic (exact) mass is 362 g/mol. The van der Waals surface area contributed by atoms with Gasteiger partial charge in [-0.05, 0) is 24.3 Å². The molecule has 19 heavy (non-hydrogen) atoms. The molecule has 2 aromatic carbocycles. The van der Waals surface area contributed by atoms with Crippen LogP contribution in [0.2, 0.25) is 10.0 Å². The van der Waals surface area contributed by atoms with Gasteiger partial charge in [0.25, 0.3) is 0 Å². The van der Waals surface area contributed by atoms with Gasteiger partial charge in [0, 0.05) is 16.5 Å². The number of hydrogen-bond acceptors (Lipinski definition) is 1. The maximum absolute atomic E-state index is 13.1. The molecule has 0 N–H and O–H groups in total. The Kier molecular flexibility index (Phi) is 5.08. The lowest BCUT2D eigenvalue weighted by Gasteiger charge is -2.11. The first-order chi connectivity index (χ1) is 9.11. The van der Waals surface area contributed by atoms with Gasteiger partial charge in [0.15, 0.2) is 0 Å². The van der Waals surface area contributed by atoms with Crippen LogP contribution in [0.5, 0.6) is 5.75 Å². The van der Waals surface area contributed by atoms with Crippen molar-refractivity contribution in [2.75, 3.05) is 0 Å². The van der Waals surface area contributed by atoms with E-state index >= 15 is 0 Å². The molecule has 0 spiro atoms. The second-order valence-electron chi connectivity index (χ2n) is 3.89. The normalized spacial score (nSPS) is 10.5. The SMILES string of the molecule is Fc1ccc(OCc2cccc(Cl)c2Cl)c(CBr)c1. The van der Waals surface area contributed by atoms with Crippen LogP contribution >= 0.6 is 39.1 Å². The van der Waals surface area contributed by atoms with E-state index in [2.05, 4.69) is 15.9 Å². The minimum Gasteiger partial charge on any atom is -0.489 e. The first-order valence-corrected chi connectivity index (χ1v) is 7.39. The highest BCUT2D eigenvalue weighted by atomic mass is 79.9. The molecule has 0 unspecified atom stereocenters. The Hall–Kier alpha value is -0.770. The summed E-state index contributed by atoms with van der Waals surface area (Å²) in [5.74, 6) is 0.330. The van der Waals surface area contributed by atoms with Crippen LogP contribution in [-0.2, 0) is 11.9 Å². The van der Waals surface area contributed by atoms with Crippen molar-refractivity contribution in [2.24, 2.45) is 0 Å². The van der Waals surface area contributed by atoms with Gasteiger partial charge in [-0.3, -0.25) is 0 Å². The van der Waals surface area contributed by atoms with Crippen molar-refractivity contribution >= 4 is 39.1 Å². The Labute approximate surface area is 129 Å². The third-order valence-electron chi connectivity index (χ3n) is 2.58. The van der Waals surface area contributed by atoms with Gasteiger partial charge >= 0.3 is 0 Å². The van der Waals surface area contributed by atoms with Gasteiger partial charge in [-0.15, -0.1) is 0 Å². The van der Waals surface area contributed by atoms with E-state index < -0.39 is 0 Å². The van der Waals surface area contributed by atoms with E-state index in [1.807, 2.05) is 12.1 Å². The van der Waals surface area contributed by atoms with Crippen LogP contribution in [0.4, 0.5) is 4.39 Å². The maximum atomic E-state index is 13.1. The summed E-state index contributed by atoms with van der Waals surface area (Å²) in [7, 11) is 0. The van der Waals surface area contributed by atoms with E-state index in [1.165, 1.54) is 12.1 Å². The Bertz CT molecular complexity index is 590. The Balaban J connectivity index is 2.17. The lowest BCUT2D eigenvalue weighted by Crippen LogP contribution is -1.99. The lowest BCUT2D eigenvalue weighted by atomic mass is 10.2. The van der Waals surface area contributed by atoms with Gasteiger partial charge < -0.3 is 4.74 Å². The summed E-state index contributed by atoms with van der Waals surface area (Å²) >= 11 is 15.3. The van der Waals surface area contributed by atoms with Gasteiger partial charge in [-0.25, -0.2) is 4.39 Å². The summed E-state index contributed by atoms with van der Waals surface area (Å²) in [6.07, 6.45) is 0. The molecule has 0 radical (unpaired) electrons. The van der Waals surface area contributed by atoms with Crippen LogP contribution in [0, 0.1) is 5.82 Å². The van der Waals surface area contributed by atoms with Gasteiger partial charge in [-0.1, -0.05) is 51.3 Å². The van der Waals surface area contributed by atoms with E-state index in [-0.39, 0.29) is 12.4 Å². The fourth-order valence-corrected chi connectivity index (χ4v) is 2.42. The number of hydrogen-bond donors (Lipinski definition) is 0. The molecule has 1 nitrogen and oxygen atoms in total. The molecule has 0 amide bonds. The second-order valence-corrected chi connectivity index (χ2v) is 5.23. The van der Waals surface area contributed by atoms with Crippen molar-refractivity contribution in [3.63, 3.8) is 0 Å². The number of ether oxygens (including phenoxy) is 1. The minimum absolute atomic E-state index is 0.283. The topological polar surface area (TPSA) is 9.23 Å². The third-order valence-corrected chi connectivity index (χ3v) is 4.04. The van der Waals surface area contributed by atoms with E-state index in [0.29, 0.717) is 21.1 Å². The lowest BCUT2D eigenvalue weighted by molar-refractivity contribution is 0.303. The molecule has 2 rings (SSSR count). The fraction of sp³-hybridized carbons (Fsp3) is 0.143. The Morgan fingerprint density at radius 1 is 1.11 bits per heavy atom. The largest absolute Gasteiger partial charge is 0.489 e. The van der Waals surface area contributed by atoms with Crippen LogP contribution in [0.1, 0.15) is 11.1 Å². The zero-order chi connectivity index (χ0) is 13.8. The van der Waals surface area contributed by atoms with E-state index in [4.69, 9.17) is 27.9 Å². The average Bonchev–Trinajstić information content (AvgIpc) is 2.41.